The van der Waals surface area contributed by atoms with Crippen LogP contribution in [0.25, 0.3) is 0 Å². The summed E-state index contributed by atoms with van der Waals surface area (Å²) in [6, 6.07) is 6.08. The molecule has 2 rings (SSSR count). The molecule has 2 N–H and O–H groups in total. The van der Waals surface area contributed by atoms with E-state index in [2.05, 4.69) is 18.0 Å². The molecule has 1 unspecified atom stereocenters. The van der Waals surface area contributed by atoms with Crippen LogP contribution in [0.2, 0.25) is 0 Å². The minimum absolute atomic E-state index is 0.266. The maximum absolute atomic E-state index is 10.0. The fourth-order valence-electron chi connectivity index (χ4n) is 2.41. The summed E-state index contributed by atoms with van der Waals surface area (Å²) in [5.74, 6) is 0.526. The van der Waals surface area contributed by atoms with Crippen LogP contribution < -0.4 is 5.32 Å². The number of benzene rings is 1. The molecule has 1 aliphatic rings. The lowest BCUT2D eigenvalue weighted by Crippen LogP contribution is -2.21. The second kappa shape index (κ2) is 5.25. The summed E-state index contributed by atoms with van der Waals surface area (Å²) in [5, 5.41) is 13.2. The van der Waals surface area contributed by atoms with Gasteiger partial charge < -0.3 is 15.2 Å². The molecule has 0 bridgehead atoms. The summed E-state index contributed by atoms with van der Waals surface area (Å²) < 4.78 is 5.64. The topological polar surface area (TPSA) is 41.5 Å². The third kappa shape index (κ3) is 3.74. The van der Waals surface area contributed by atoms with Crippen molar-refractivity contribution in [2.45, 2.75) is 51.7 Å². The van der Waals surface area contributed by atoms with Crippen LogP contribution in [-0.2, 0) is 11.2 Å². The van der Waals surface area contributed by atoms with Crippen LogP contribution in [0.3, 0.4) is 0 Å². The van der Waals surface area contributed by atoms with Gasteiger partial charge in [0.15, 0.2) is 5.88 Å². The van der Waals surface area contributed by atoms with Gasteiger partial charge in [-0.3, -0.25) is 0 Å². The molecule has 3 nitrogen and oxygen atoms in total. The van der Waals surface area contributed by atoms with E-state index in [9.17, 15) is 5.11 Å². The molecule has 0 saturated carbocycles. The lowest BCUT2D eigenvalue weighted by Gasteiger charge is -2.25. The highest BCUT2D eigenvalue weighted by Crippen LogP contribution is 2.31. The van der Waals surface area contributed by atoms with Crippen molar-refractivity contribution in [1.82, 2.24) is 0 Å². The van der Waals surface area contributed by atoms with Gasteiger partial charge in [-0.05, 0) is 69.9 Å². The SMILES string of the molecule is C=C(Nc1ccc2c(c1)C(O)CCC2)OC(C)(C)C. The molecule has 0 aliphatic heterocycles. The fourth-order valence-corrected chi connectivity index (χ4v) is 2.41. The van der Waals surface area contributed by atoms with Crippen LogP contribution in [0.4, 0.5) is 5.69 Å². The summed E-state index contributed by atoms with van der Waals surface area (Å²) in [5.41, 5.74) is 2.91. The minimum atomic E-state index is -0.345. The molecule has 1 aromatic rings. The quantitative estimate of drug-likeness (QED) is 0.814. The van der Waals surface area contributed by atoms with Gasteiger partial charge in [-0.25, -0.2) is 0 Å². The Kier molecular flexibility index (Phi) is 3.85. The second-order valence-corrected chi connectivity index (χ2v) is 6.08. The van der Waals surface area contributed by atoms with Crippen molar-refractivity contribution in [3.05, 3.63) is 41.8 Å². The number of aryl methyl sites for hydroxylation is 1. The number of hydrogen-bond donors (Lipinski definition) is 2. The number of aliphatic hydroxyl groups is 1. The van der Waals surface area contributed by atoms with E-state index in [0.29, 0.717) is 5.88 Å². The predicted octanol–water partition coefficient (Wildman–Crippen LogP) is 3.75. The summed E-state index contributed by atoms with van der Waals surface area (Å²) in [6.45, 7) is 9.82. The summed E-state index contributed by atoms with van der Waals surface area (Å²) in [4.78, 5) is 0. The van der Waals surface area contributed by atoms with Crippen molar-refractivity contribution < 1.29 is 9.84 Å². The lowest BCUT2D eigenvalue weighted by atomic mass is 9.89. The smallest absolute Gasteiger partial charge is 0.184 e. The van der Waals surface area contributed by atoms with Gasteiger partial charge in [0.1, 0.15) is 5.60 Å². The molecule has 0 radical (unpaired) electrons. The van der Waals surface area contributed by atoms with E-state index in [4.69, 9.17) is 4.74 Å². The molecule has 0 saturated heterocycles. The van der Waals surface area contributed by atoms with Crippen LogP contribution in [0.1, 0.15) is 50.8 Å². The first-order valence-corrected chi connectivity index (χ1v) is 6.81. The van der Waals surface area contributed by atoms with Gasteiger partial charge in [0.05, 0.1) is 6.10 Å². The normalized spacial score (nSPS) is 18.6. The van der Waals surface area contributed by atoms with Gasteiger partial charge in [-0.15, -0.1) is 0 Å². The maximum Gasteiger partial charge on any atom is 0.184 e. The first kappa shape index (κ1) is 13.9. The van der Waals surface area contributed by atoms with Crippen molar-refractivity contribution >= 4 is 5.69 Å². The highest BCUT2D eigenvalue weighted by molar-refractivity contribution is 5.52. The van der Waals surface area contributed by atoms with Gasteiger partial charge in [-0.2, -0.15) is 0 Å². The second-order valence-electron chi connectivity index (χ2n) is 6.08. The molecule has 1 aliphatic carbocycles. The van der Waals surface area contributed by atoms with E-state index in [0.717, 1.165) is 30.5 Å². The summed E-state index contributed by atoms with van der Waals surface area (Å²) in [7, 11) is 0. The predicted molar refractivity (Wildman–Crippen MR) is 77.9 cm³/mol. The standard InChI is InChI=1S/C16H23NO2/c1-11(19-16(2,3)4)17-13-9-8-12-6-5-7-15(18)14(12)10-13/h8-10,15,17-18H,1,5-7H2,2-4H3. The Balaban J connectivity index is 2.10. The van der Waals surface area contributed by atoms with E-state index in [-0.39, 0.29) is 11.7 Å². The van der Waals surface area contributed by atoms with Crippen molar-refractivity contribution in [2.24, 2.45) is 0 Å². The first-order valence-electron chi connectivity index (χ1n) is 6.81. The molecule has 0 spiro atoms. The van der Waals surface area contributed by atoms with E-state index in [1.807, 2.05) is 32.9 Å². The molecule has 104 valence electrons. The number of ether oxygens (including phenoxy) is 1. The molecule has 19 heavy (non-hydrogen) atoms. The van der Waals surface area contributed by atoms with Crippen LogP contribution >= 0.6 is 0 Å². The van der Waals surface area contributed by atoms with E-state index >= 15 is 0 Å². The summed E-state index contributed by atoms with van der Waals surface area (Å²) in [6.07, 6.45) is 2.60. The zero-order valence-corrected chi connectivity index (χ0v) is 12.0. The lowest BCUT2D eigenvalue weighted by molar-refractivity contribution is 0.0565. The molecule has 1 aromatic carbocycles. The van der Waals surface area contributed by atoms with Crippen LogP contribution in [0.5, 0.6) is 0 Å². The van der Waals surface area contributed by atoms with Crippen LogP contribution in [0.15, 0.2) is 30.7 Å². The van der Waals surface area contributed by atoms with E-state index in [1.54, 1.807) is 0 Å². The minimum Gasteiger partial charge on any atom is -0.474 e. The first-order chi connectivity index (χ1) is 8.85. The molecule has 0 amide bonds. The molecule has 0 aromatic heterocycles. The van der Waals surface area contributed by atoms with Gasteiger partial charge in [0.2, 0.25) is 0 Å². The molecular weight excluding hydrogens is 238 g/mol. The fraction of sp³-hybridized carbons (Fsp3) is 0.500. The molecule has 0 heterocycles. The Morgan fingerprint density at radius 3 is 2.84 bits per heavy atom. The zero-order chi connectivity index (χ0) is 14.0. The highest BCUT2D eigenvalue weighted by Gasteiger charge is 2.18. The Morgan fingerprint density at radius 1 is 1.42 bits per heavy atom. The van der Waals surface area contributed by atoms with Crippen molar-refractivity contribution in [3.63, 3.8) is 0 Å². The molecular formula is C16H23NO2. The average Bonchev–Trinajstić information content (AvgIpc) is 2.27. The number of hydrogen-bond acceptors (Lipinski definition) is 3. The Hall–Kier alpha value is -1.48. The zero-order valence-electron chi connectivity index (χ0n) is 12.0. The van der Waals surface area contributed by atoms with E-state index < -0.39 is 0 Å². The Morgan fingerprint density at radius 2 is 2.16 bits per heavy atom. The number of anilines is 1. The number of rotatable bonds is 3. The highest BCUT2D eigenvalue weighted by atomic mass is 16.5. The number of fused-ring (bicyclic) bond motifs is 1. The van der Waals surface area contributed by atoms with Crippen molar-refractivity contribution in [1.29, 1.82) is 0 Å². The van der Waals surface area contributed by atoms with Crippen molar-refractivity contribution in [2.75, 3.05) is 5.32 Å². The molecule has 0 fully saturated rings. The van der Waals surface area contributed by atoms with Gasteiger partial charge in [-0.1, -0.05) is 6.07 Å². The van der Waals surface area contributed by atoms with Gasteiger partial charge in [0, 0.05) is 5.69 Å². The number of aliphatic hydroxyl groups excluding tert-OH is 1. The molecule has 3 heteroatoms. The van der Waals surface area contributed by atoms with Crippen LogP contribution in [-0.4, -0.2) is 10.7 Å². The van der Waals surface area contributed by atoms with Crippen molar-refractivity contribution in [3.8, 4) is 0 Å². The molecule has 1 atom stereocenters. The third-order valence-electron chi connectivity index (χ3n) is 3.14. The summed E-state index contributed by atoms with van der Waals surface area (Å²) >= 11 is 0. The Labute approximate surface area is 115 Å². The average molecular weight is 261 g/mol. The van der Waals surface area contributed by atoms with Gasteiger partial charge >= 0.3 is 0 Å². The number of nitrogens with one attached hydrogen (secondary N) is 1. The monoisotopic (exact) mass is 261 g/mol. The largest absolute Gasteiger partial charge is 0.474 e. The van der Waals surface area contributed by atoms with E-state index in [1.165, 1.54) is 5.56 Å². The maximum atomic E-state index is 10.0. The van der Waals surface area contributed by atoms with Gasteiger partial charge in [0.25, 0.3) is 0 Å². The third-order valence-corrected chi connectivity index (χ3v) is 3.14. The Bertz CT molecular complexity index is 474. The van der Waals surface area contributed by atoms with Crippen LogP contribution in [0, 0.1) is 0 Å².